The van der Waals surface area contributed by atoms with Crippen molar-refractivity contribution in [1.29, 1.82) is 0 Å². The monoisotopic (exact) mass is 411 g/mol. The molecule has 0 atom stereocenters. The van der Waals surface area contributed by atoms with Gasteiger partial charge in [-0.15, -0.1) is 0 Å². The highest BCUT2D eigenvalue weighted by molar-refractivity contribution is 5.93. The van der Waals surface area contributed by atoms with E-state index in [2.05, 4.69) is 10.1 Å². The van der Waals surface area contributed by atoms with Gasteiger partial charge >= 0.3 is 5.97 Å². The number of anilines is 2. The molecule has 0 aliphatic rings. The van der Waals surface area contributed by atoms with Crippen molar-refractivity contribution < 1.29 is 9.53 Å². The maximum atomic E-state index is 13.2. The average Bonchev–Trinajstić information content (AvgIpc) is 2.78. The molecule has 0 spiro atoms. The van der Waals surface area contributed by atoms with Crippen molar-refractivity contribution in [2.45, 2.75) is 6.92 Å². The summed E-state index contributed by atoms with van der Waals surface area (Å²) in [6.07, 6.45) is 2.89. The Hall–Kier alpha value is -4.19. The standard InChI is InChI=1S/C25H21N3O3/c1-17-15-18(13-14-23(30)31-2)24-21(29)16-22(27-19-9-5-3-6-10-19)28(25(24)26-17)20-11-7-4-8-12-20/h3-16,27H,1-2H3. The smallest absolute Gasteiger partial charge is 0.330 e. The van der Waals surface area contributed by atoms with E-state index < -0.39 is 5.97 Å². The topological polar surface area (TPSA) is 73.2 Å². The minimum atomic E-state index is -0.492. The van der Waals surface area contributed by atoms with Gasteiger partial charge in [0.2, 0.25) is 0 Å². The number of ether oxygens (including phenoxy) is 1. The molecule has 2 aromatic carbocycles. The predicted molar refractivity (Wildman–Crippen MR) is 123 cm³/mol. The minimum Gasteiger partial charge on any atom is -0.466 e. The molecule has 0 aliphatic heterocycles. The number of methoxy groups -OCH3 is 1. The number of esters is 1. The fourth-order valence-corrected chi connectivity index (χ4v) is 3.43. The van der Waals surface area contributed by atoms with E-state index in [1.807, 2.05) is 72.2 Å². The Morgan fingerprint density at radius 1 is 1.03 bits per heavy atom. The van der Waals surface area contributed by atoms with E-state index in [9.17, 15) is 9.59 Å². The summed E-state index contributed by atoms with van der Waals surface area (Å²) in [5.41, 5.74) is 3.34. The SMILES string of the molecule is COC(=O)C=Cc1cc(C)nc2c1c(=O)cc(Nc1ccccc1)n2-c1ccccc1. The Morgan fingerprint density at radius 2 is 1.71 bits per heavy atom. The Balaban J connectivity index is 2.02. The molecule has 0 saturated carbocycles. The summed E-state index contributed by atoms with van der Waals surface area (Å²) < 4.78 is 6.60. The highest BCUT2D eigenvalue weighted by Crippen LogP contribution is 2.26. The van der Waals surface area contributed by atoms with Crippen molar-refractivity contribution in [3.05, 3.63) is 100 Å². The van der Waals surface area contributed by atoms with Crippen LogP contribution in [0.2, 0.25) is 0 Å². The normalized spacial score (nSPS) is 11.0. The number of benzene rings is 2. The number of pyridine rings is 2. The molecule has 4 rings (SSSR count). The molecule has 0 fully saturated rings. The van der Waals surface area contributed by atoms with Gasteiger partial charge in [0.1, 0.15) is 5.82 Å². The van der Waals surface area contributed by atoms with Crippen molar-refractivity contribution in [3.63, 3.8) is 0 Å². The molecule has 0 bridgehead atoms. The second-order valence-corrected chi connectivity index (χ2v) is 6.96. The van der Waals surface area contributed by atoms with Crippen LogP contribution in [0, 0.1) is 6.92 Å². The predicted octanol–water partition coefficient (Wildman–Crippen LogP) is 4.62. The van der Waals surface area contributed by atoms with Gasteiger partial charge in [-0.25, -0.2) is 9.78 Å². The number of hydrogen-bond acceptors (Lipinski definition) is 5. The highest BCUT2D eigenvalue weighted by atomic mass is 16.5. The minimum absolute atomic E-state index is 0.197. The number of nitrogens with one attached hydrogen (secondary N) is 1. The molecular weight excluding hydrogens is 390 g/mol. The number of aromatic nitrogens is 2. The summed E-state index contributed by atoms with van der Waals surface area (Å²) in [4.78, 5) is 29.5. The fourth-order valence-electron chi connectivity index (χ4n) is 3.43. The number of carbonyl (C=O) groups excluding carboxylic acids is 1. The second kappa shape index (κ2) is 8.67. The van der Waals surface area contributed by atoms with Crippen molar-refractivity contribution in [3.8, 4) is 5.69 Å². The van der Waals surface area contributed by atoms with E-state index >= 15 is 0 Å². The Labute approximate surface area is 179 Å². The Kier molecular flexibility index (Phi) is 5.62. The molecule has 2 heterocycles. The lowest BCUT2D eigenvalue weighted by Crippen LogP contribution is -2.15. The van der Waals surface area contributed by atoms with Crippen LogP contribution in [0.15, 0.2) is 83.7 Å². The first kappa shape index (κ1) is 20.1. The first-order valence-electron chi connectivity index (χ1n) is 9.78. The van der Waals surface area contributed by atoms with Crippen LogP contribution >= 0.6 is 0 Å². The first-order valence-corrected chi connectivity index (χ1v) is 9.78. The van der Waals surface area contributed by atoms with E-state index in [-0.39, 0.29) is 5.43 Å². The van der Waals surface area contributed by atoms with Gasteiger partial charge in [0, 0.05) is 29.2 Å². The quantitative estimate of drug-likeness (QED) is 0.383. The van der Waals surface area contributed by atoms with E-state index in [0.29, 0.717) is 22.4 Å². The molecule has 0 unspecified atom stereocenters. The zero-order valence-electron chi connectivity index (χ0n) is 17.2. The summed E-state index contributed by atoms with van der Waals surface area (Å²) in [7, 11) is 1.31. The van der Waals surface area contributed by atoms with Crippen LogP contribution in [-0.4, -0.2) is 22.6 Å². The number of hydrogen-bond donors (Lipinski definition) is 1. The van der Waals surface area contributed by atoms with Gasteiger partial charge in [-0.1, -0.05) is 36.4 Å². The number of para-hydroxylation sites is 2. The molecule has 4 aromatic rings. The van der Waals surface area contributed by atoms with Gasteiger partial charge in [0.15, 0.2) is 11.1 Å². The molecule has 0 saturated heterocycles. The number of rotatable bonds is 5. The second-order valence-electron chi connectivity index (χ2n) is 6.96. The van der Waals surface area contributed by atoms with Crippen LogP contribution < -0.4 is 10.7 Å². The molecule has 0 radical (unpaired) electrons. The lowest BCUT2D eigenvalue weighted by atomic mass is 10.1. The summed E-state index contributed by atoms with van der Waals surface area (Å²) in [5, 5.41) is 3.76. The van der Waals surface area contributed by atoms with Crippen LogP contribution in [0.25, 0.3) is 22.8 Å². The van der Waals surface area contributed by atoms with Crippen LogP contribution in [0.1, 0.15) is 11.3 Å². The number of carbonyl (C=O) groups is 1. The molecular formula is C25H21N3O3. The van der Waals surface area contributed by atoms with E-state index in [0.717, 1.165) is 17.1 Å². The maximum absolute atomic E-state index is 13.2. The summed E-state index contributed by atoms with van der Waals surface area (Å²) in [5.74, 6) is 0.101. The molecule has 0 aliphatic carbocycles. The van der Waals surface area contributed by atoms with Gasteiger partial charge < -0.3 is 10.1 Å². The number of fused-ring (bicyclic) bond motifs is 1. The van der Waals surface area contributed by atoms with Crippen molar-refractivity contribution >= 4 is 34.6 Å². The van der Waals surface area contributed by atoms with Crippen LogP contribution in [0.5, 0.6) is 0 Å². The third-order valence-corrected chi connectivity index (χ3v) is 4.79. The average molecular weight is 411 g/mol. The Morgan fingerprint density at radius 3 is 2.39 bits per heavy atom. The third kappa shape index (κ3) is 4.23. The van der Waals surface area contributed by atoms with E-state index in [1.165, 1.54) is 13.2 Å². The molecule has 1 N–H and O–H groups in total. The third-order valence-electron chi connectivity index (χ3n) is 4.79. The lowest BCUT2D eigenvalue weighted by Gasteiger charge is -2.19. The lowest BCUT2D eigenvalue weighted by molar-refractivity contribution is -0.134. The Bertz CT molecular complexity index is 1330. The van der Waals surface area contributed by atoms with E-state index in [4.69, 9.17) is 4.98 Å². The van der Waals surface area contributed by atoms with Gasteiger partial charge in [-0.05, 0) is 48.9 Å². The molecule has 0 amide bonds. The zero-order valence-corrected chi connectivity index (χ0v) is 17.2. The number of aryl methyl sites for hydroxylation is 1. The van der Waals surface area contributed by atoms with Crippen molar-refractivity contribution in [2.24, 2.45) is 0 Å². The molecule has 6 nitrogen and oxygen atoms in total. The largest absolute Gasteiger partial charge is 0.466 e. The van der Waals surface area contributed by atoms with Crippen molar-refractivity contribution in [1.82, 2.24) is 9.55 Å². The highest BCUT2D eigenvalue weighted by Gasteiger charge is 2.16. The maximum Gasteiger partial charge on any atom is 0.330 e. The van der Waals surface area contributed by atoms with Gasteiger partial charge in [-0.3, -0.25) is 9.36 Å². The number of nitrogens with zero attached hydrogens (tertiary/aromatic N) is 2. The van der Waals surface area contributed by atoms with Gasteiger partial charge in [-0.2, -0.15) is 0 Å². The molecule has 6 heteroatoms. The van der Waals surface area contributed by atoms with Crippen LogP contribution in [-0.2, 0) is 9.53 Å². The molecule has 31 heavy (non-hydrogen) atoms. The fraction of sp³-hybridized carbons (Fsp3) is 0.0800. The molecule has 154 valence electrons. The van der Waals surface area contributed by atoms with Gasteiger partial charge in [0.25, 0.3) is 0 Å². The van der Waals surface area contributed by atoms with Gasteiger partial charge in [0.05, 0.1) is 12.5 Å². The summed E-state index contributed by atoms with van der Waals surface area (Å²) in [6, 6.07) is 22.7. The van der Waals surface area contributed by atoms with Crippen molar-refractivity contribution in [2.75, 3.05) is 12.4 Å². The summed E-state index contributed by atoms with van der Waals surface area (Å²) in [6.45, 7) is 1.85. The van der Waals surface area contributed by atoms with E-state index in [1.54, 1.807) is 18.2 Å². The van der Waals surface area contributed by atoms with Crippen LogP contribution in [0.3, 0.4) is 0 Å². The summed E-state index contributed by atoms with van der Waals surface area (Å²) >= 11 is 0. The van der Waals surface area contributed by atoms with Crippen LogP contribution in [0.4, 0.5) is 11.5 Å². The molecule has 2 aromatic heterocycles. The first-order chi connectivity index (χ1) is 15.1. The zero-order chi connectivity index (χ0) is 21.8.